The van der Waals surface area contributed by atoms with Crippen molar-refractivity contribution in [1.82, 2.24) is 5.43 Å². The summed E-state index contributed by atoms with van der Waals surface area (Å²) in [5, 5.41) is 3.93. The van der Waals surface area contributed by atoms with Crippen LogP contribution in [0.1, 0.15) is 15.9 Å². The molecule has 4 rings (SSSR count). The second-order valence-corrected chi connectivity index (χ2v) is 7.30. The minimum absolute atomic E-state index is 0.156. The van der Waals surface area contributed by atoms with E-state index in [1.165, 1.54) is 6.21 Å². The topological polar surface area (TPSA) is 77.0 Å². The molecule has 0 aliphatic carbocycles. The maximum atomic E-state index is 12.1. The summed E-state index contributed by atoms with van der Waals surface area (Å²) in [6.45, 7) is -0.156. The van der Waals surface area contributed by atoms with Crippen LogP contribution in [-0.4, -0.2) is 24.7 Å². The van der Waals surface area contributed by atoms with Gasteiger partial charge in [-0.25, -0.2) is 10.2 Å². The van der Waals surface area contributed by atoms with Gasteiger partial charge >= 0.3 is 5.97 Å². The number of nitrogens with zero attached hydrogens (tertiary/aromatic N) is 1. The van der Waals surface area contributed by atoms with Crippen LogP contribution in [0.15, 0.2) is 114 Å². The van der Waals surface area contributed by atoms with Crippen LogP contribution in [0.25, 0.3) is 11.1 Å². The number of carbonyl (C=O) groups excluding carboxylic acids is 2. The monoisotopic (exact) mass is 450 g/mol. The highest BCUT2D eigenvalue weighted by Gasteiger charge is 2.07. The van der Waals surface area contributed by atoms with E-state index in [0.29, 0.717) is 17.1 Å². The Morgan fingerprint density at radius 2 is 1.29 bits per heavy atom. The minimum atomic E-state index is -0.427. The zero-order valence-corrected chi connectivity index (χ0v) is 18.3. The molecule has 4 aromatic rings. The van der Waals surface area contributed by atoms with Crippen molar-refractivity contribution in [3.05, 3.63) is 120 Å². The summed E-state index contributed by atoms with van der Waals surface area (Å²) in [6, 6.07) is 33.1. The lowest BCUT2D eigenvalue weighted by atomic mass is 10.1. The van der Waals surface area contributed by atoms with Crippen LogP contribution in [0.5, 0.6) is 11.5 Å². The van der Waals surface area contributed by atoms with Crippen molar-refractivity contribution in [2.45, 2.75) is 0 Å². The van der Waals surface area contributed by atoms with E-state index in [1.54, 1.807) is 48.5 Å². The van der Waals surface area contributed by atoms with Crippen molar-refractivity contribution in [2.75, 3.05) is 6.61 Å². The molecule has 0 bridgehead atoms. The van der Waals surface area contributed by atoms with Crippen molar-refractivity contribution < 1.29 is 19.1 Å². The Bertz CT molecular complexity index is 1250. The zero-order valence-electron chi connectivity index (χ0n) is 18.3. The van der Waals surface area contributed by atoms with Gasteiger partial charge in [0, 0.05) is 0 Å². The number of nitrogens with one attached hydrogen (secondary N) is 1. The number of rotatable bonds is 8. The third-order valence-corrected chi connectivity index (χ3v) is 4.83. The number of benzene rings is 4. The van der Waals surface area contributed by atoms with E-state index in [2.05, 4.69) is 10.5 Å². The van der Waals surface area contributed by atoms with Crippen molar-refractivity contribution in [2.24, 2.45) is 5.10 Å². The van der Waals surface area contributed by atoms with Gasteiger partial charge in [0.15, 0.2) is 6.61 Å². The van der Waals surface area contributed by atoms with Crippen molar-refractivity contribution in [3.63, 3.8) is 0 Å². The molecule has 0 radical (unpaired) electrons. The van der Waals surface area contributed by atoms with E-state index < -0.39 is 5.97 Å². The number of esters is 1. The molecule has 0 atom stereocenters. The highest BCUT2D eigenvalue weighted by molar-refractivity contribution is 5.91. The fourth-order valence-electron chi connectivity index (χ4n) is 3.10. The average molecular weight is 450 g/mol. The fraction of sp³-hybridized carbons (Fsp3) is 0.0357. The zero-order chi connectivity index (χ0) is 23.6. The smallest absolute Gasteiger partial charge is 0.343 e. The van der Waals surface area contributed by atoms with Gasteiger partial charge in [0.2, 0.25) is 0 Å². The van der Waals surface area contributed by atoms with Crippen molar-refractivity contribution in [3.8, 4) is 22.6 Å². The van der Waals surface area contributed by atoms with E-state index in [9.17, 15) is 9.59 Å². The summed E-state index contributed by atoms with van der Waals surface area (Å²) in [7, 11) is 0. The third-order valence-electron chi connectivity index (χ3n) is 4.83. The van der Waals surface area contributed by atoms with Crippen LogP contribution >= 0.6 is 0 Å². The molecule has 6 nitrogen and oxygen atoms in total. The molecular formula is C28H22N2O4. The van der Waals surface area contributed by atoms with Crippen LogP contribution < -0.4 is 14.9 Å². The number of amides is 1. The van der Waals surface area contributed by atoms with Gasteiger partial charge in [0.05, 0.1) is 11.8 Å². The van der Waals surface area contributed by atoms with Gasteiger partial charge in [-0.05, 0) is 65.2 Å². The summed E-state index contributed by atoms with van der Waals surface area (Å²) < 4.78 is 10.9. The maximum absolute atomic E-state index is 12.1. The Balaban J connectivity index is 1.22. The van der Waals surface area contributed by atoms with Crippen molar-refractivity contribution in [1.29, 1.82) is 0 Å². The number of ether oxygens (including phenoxy) is 2. The van der Waals surface area contributed by atoms with Gasteiger partial charge in [0.1, 0.15) is 11.5 Å². The van der Waals surface area contributed by atoms with Crippen LogP contribution in [0, 0.1) is 0 Å². The molecule has 1 N–H and O–H groups in total. The molecule has 0 spiro atoms. The molecule has 0 aromatic heterocycles. The molecule has 0 saturated heterocycles. The third kappa shape index (κ3) is 6.40. The Morgan fingerprint density at radius 3 is 1.97 bits per heavy atom. The molecular weight excluding hydrogens is 428 g/mol. The van der Waals surface area contributed by atoms with Crippen LogP contribution in [0.3, 0.4) is 0 Å². The standard InChI is InChI=1S/C28H22N2O4/c31-27(20-33-25-17-13-23(14-18-25)22-7-3-1-4-8-22)30-29-19-21-11-15-26(16-12-21)34-28(32)24-9-5-2-6-10-24/h1-19H,20H2,(H,30,31)/b29-19+. The lowest BCUT2D eigenvalue weighted by molar-refractivity contribution is -0.123. The predicted octanol–water partition coefficient (Wildman–Crippen LogP) is 5.10. The normalized spacial score (nSPS) is 10.6. The van der Waals surface area contributed by atoms with Crippen LogP contribution in [0.4, 0.5) is 0 Å². The number of hydrogen-bond acceptors (Lipinski definition) is 5. The van der Waals surface area contributed by atoms with Gasteiger partial charge in [-0.1, -0.05) is 60.7 Å². The first-order valence-electron chi connectivity index (χ1n) is 10.6. The number of carbonyl (C=O) groups is 2. The van der Waals surface area contributed by atoms with E-state index in [0.717, 1.165) is 16.7 Å². The Kier molecular flexibility index (Phi) is 7.43. The highest BCUT2D eigenvalue weighted by Crippen LogP contribution is 2.22. The number of hydrogen-bond donors (Lipinski definition) is 1. The van der Waals surface area contributed by atoms with E-state index in [1.807, 2.05) is 60.7 Å². The molecule has 0 aliphatic rings. The lowest BCUT2D eigenvalue weighted by Gasteiger charge is -2.07. The second kappa shape index (κ2) is 11.2. The Morgan fingerprint density at radius 1 is 0.706 bits per heavy atom. The first-order valence-corrected chi connectivity index (χ1v) is 10.6. The first kappa shape index (κ1) is 22.5. The summed E-state index contributed by atoms with van der Waals surface area (Å²) in [4.78, 5) is 24.1. The molecule has 0 heterocycles. The molecule has 0 unspecified atom stereocenters. The lowest BCUT2D eigenvalue weighted by Crippen LogP contribution is -2.24. The summed E-state index contributed by atoms with van der Waals surface area (Å²) in [6.07, 6.45) is 1.50. The van der Waals surface area contributed by atoms with Crippen molar-refractivity contribution >= 4 is 18.1 Å². The SMILES string of the molecule is O=C(COc1ccc(-c2ccccc2)cc1)N/N=C/c1ccc(OC(=O)c2ccccc2)cc1. The maximum Gasteiger partial charge on any atom is 0.343 e. The molecule has 4 aromatic carbocycles. The summed E-state index contributed by atoms with van der Waals surface area (Å²) >= 11 is 0. The summed E-state index contributed by atoms with van der Waals surface area (Å²) in [5.74, 6) is 0.210. The first-order chi connectivity index (χ1) is 16.7. The summed E-state index contributed by atoms with van der Waals surface area (Å²) in [5.41, 5.74) is 5.82. The highest BCUT2D eigenvalue weighted by atomic mass is 16.5. The average Bonchev–Trinajstić information content (AvgIpc) is 2.90. The predicted molar refractivity (Wildman–Crippen MR) is 131 cm³/mol. The fourth-order valence-corrected chi connectivity index (χ4v) is 3.10. The van der Waals surface area contributed by atoms with Gasteiger partial charge in [-0.2, -0.15) is 5.10 Å². The van der Waals surface area contributed by atoms with E-state index in [-0.39, 0.29) is 12.5 Å². The largest absolute Gasteiger partial charge is 0.484 e. The van der Waals surface area contributed by atoms with Crippen LogP contribution in [-0.2, 0) is 4.79 Å². The molecule has 168 valence electrons. The molecule has 1 amide bonds. The minimum Gasteiger partial charge on any atom is -0.484 e. The van der Waals surface area contributed by atoms with Gasteiger partial charge < -0.3 is 9.47 Å². The van der Waals surface area contributed by atoms with E-state index >= 15 is 0 Å². The van der Waals surface area contributed by atoms with Gasteiger partial charge in [-0.15, -0.1) is 0 Å². The van der Waals surface area contributed by atoms with Gasteiger partial charge in [0.25, 0.3) is 5.91 Å². The van der Waals surface area contributed by atoms with Crippen LogP contribution in [0.2, 0.25) is 0 Å². The number of hydrazone groups is 1. The second-order valence-electron chi connectivity index (χ2n) is 7.30. The van der Waals surface area contributed by atoms with Gasteiger partial charge in [-0.3, -0.25) is 4.79 Å². The molecule has 0 aliphatic heterocycles. The quantitative estimate of drug-likeness (QED) is 0.175. The Labute approximate surface area is 197 Å². The molecule has 0 saturated carbocycles. The molecule has 34 heavy (non-hydrogen) atoms. The molecule has 0 fully saturated rings. The molecule has 6 heteroatoms. The van der Waals surface area contributed by atoms with E-state index in [4.69, 9.17) is 9.47 Å². The Hall–Kier alpha value is -4.71.